The number of carbonyl (C=O) groups is 1. The first-order chi connectivity index (χ1) is 12.3. The molecule has 0 spiro atoms. The molecule has 7 nitrogen and oxygen atoms in total. The molecule has 1 fully saturated rings. The Hall–Kier alpha value is -3.06. The number of aromatic nitrogens is 4. The molecule has 1 aliphatic rings. The maximum Gasteiger partial charge on any atom is 0.254 e. The van der Waals surface area contributed by atoms with Crippen molar-refractivity contribution < 1.29 is 9.53 Å². The summed E-state index contributed by atoms with van der Waals surface area (Å²) in [5.74, 6) is 0.00694. The van der Waals surface area contributed by atoms with E-state index in [4.69, 9.17) is 4.74 Å². The first-order valence-corrected chi connectivity index (χ1v) is 8.10. The van der Waals surface area contributed by atoms with Gasteiger partial charge in [-0.05, 0) is 40.3 Å². The van der Waals surface area contributed by atoms with Gasteiger partial charge in [0.25, 0.3) is 5.91 Å². The third-order valence-corrected chi connectivity index (χ3v) is 4.25. The molecule has 1 amide bonds. The van der Waals surface area contributed by atoms with E-state index in [0.29, 0.717) is 25.3 Å². The number of benzene rings is 2. The first kappa shape index (κ1) is 15.5. The molecule has 0 aliphatic carbocycles. The van der Waals surface area contributed by atoms with Crippen LogP contribution in [0.4, 0.5) is 0 Å². The molecule has 2 heterocycles. The zero-order valence-electron chi connectivity index (χ0n) is 13.5. The maximum atomic E-state index is 12.8. The molecule has 1 atom stereocenters. The molecular formula is C18H17N5O2. The minimum absolute atomic E-state index is 0.00694. The van der Waals surface area contributed by atoms with Gasteiger partial charge in [0.2, 0.25) is 0 Å². The molecule has 0 N–H and O–H groups in total. The van der Waals surface area contributed by atoms with Crippen molar-refractivity contribution in [3.63, 3.8) is 0 Å². The van der Waals surface area contributed by atoms with Gasteiger partial charge in [0.05, 0.1) is 18.8 Å². The molecule has 1 aliphatic heterocycles. The Balaban J connectivity index is 1.48. The molecule has 1 aromatic heterocycles. The van der Waals surface area contributed by atoms with Gasteiger partial charge in [-0.15, -0.1) is 5.10 Å². The van der Waals surface area contributed by atoms with Gasteiger partial charge >= 0.3 is 0 Å². The number of tetrazole rings is 1. The van der Waals surface area contributed by atoms with E-state index in [1.165, 1.54) is 6.33 Å². The van der Waals surface area contributed by atoms with Crippen molar-refractivity contribution in [1.29, 1.82) is 0 Å². The van der Waals surface area contributed by atoms with Gasteiger partial charge in [0, 0.05) is 12.1 Å². The average molecular weight is 335 g/mol. The fraction of sp³-hybridized carbons (Fsp3) is 0.222. The summed E-state index contributed by atoms with van der Waals surface area (Å²) < 4.78 is 7.38. The minimum Gasteiger partial charge on any atom is -0.370 e. The van der Waals surface area contributed by atoms with E-state index in [0.717, 1.165) is 11.3 Å². The van der Waals surface area contributed by atoms with Gasteiger partial charge in [0.1, 0.15) is 12.4 Å². The number of hydrogen-bond acceptors (Lipinski definition) is 5. The van der Waals surface area contributed by atoms with Crippen molar-refractivity contribution >= 4 is 5.91 Å². The third-order valence-electron chi connectivity index (χ3n) is 4.25. The summed E-state index contributed by atoms with van der Waals surface area (Å²) in [6.07, 6.45) is 1.43. The summed E-state index contributed by atoms with van der Waals surface area (Å²) in [6.45, 7) is 1.68. The Labute approximate surface area is 144 Å². The Bertz CT molecular complexity index is 834. The van der Waals surface area contributed by atoms with Gasteiger partial charge < -0.3 is 9.64 Å². The summed E-state index contributed by atoms with van der Waals surface area (Å²) in [5.41, 5.74) is 2.55. The number of nitrogens with zero attached hydrogens (tertiary/aromatic N) is 5. The Kier molecular flexibility index (Phi) is 4.22. The molecule has 1 saturated heterocycles. The zero-order valence-corrected chi connectivity index (χ0v) is 13.5. The highest BCUT2D eigenvalue weighted by Crippen LogP contribution is 2.23. The lowest BCUT2D eigenvalue weighted by atomic mass is 10.1. The van der Waals surface area contributed by atoms with Crippen LogP contribution in [0.5, 0.6) is 0 Å². The smallest absolute Gasteiger partial charge is 0.254 e. The highest BCUT2D eigenvalue weighted by Gasteiger charge is 2.26. The van der Waals surface area contributed by atoms with Crippen LogP contribution < -0.4 is 0 Å². The monoisotopic (exact) mass is 335 g/mol. The molecule has 0 bridgehead atoms. The third kappa shape index (κ3) is 3.27. The van der Waals surface area contributed by atoms with Crippen LogP contribution in [0, 0.1) is 0 Å². The normalized spacial score (nSPS) is 17.4. The molecule has 0 radical (unpaired) electrons. The lowest BCUT2D eigenvalue weighted by Gasteiger charge is -2.33. The van der Waals surface area contributed by atoms with Crippen molar-refractivity contribution in [1.82, 2.24) is 25.1 Å². The Morgan fingerprint density at radius 3 is 2.60 bits per heavy atom. The second kappa shape index (κ2) is 6.82. The van der Waals surface area contributed by atoms with Gasteiger partial charge in [-0.2, -0.15) is 0 Å². The molecule has 25 heavy (non-hydrogen) atoms. The van der Waals surface area contributed by atoms with Gasteiger partial charge in [-0.1, -0.05) is 30.3 Å². The van der Waals surface area contributed by atoms with E-state index in [-0.39, 0.29) is 12.0 Å². The highest BCUT2D eigenvalue weighted by molar-refractivity contribution is 5.94. The van der Waals surface area contributed by atoms with Crippen LogP contribution in [0.3, 0.4) is 0 Å². The second-order valence-corrected chi connectivity index (χ2v) is 5.82. The number of ether oxygens (including phenoxy) is 1. The summed E-state index contributed by atoms with van der Waals surface area (Å²) >= 11 is 0. The first-order valence-electron chi connectivity index (χ1n) is 8.10. The van der Waals surface area contributed by atoms with Gasteiger partial charge in [-0.25, -0.2) is 4.68 Å². The van der Waals surface area contributed by atoms with Crippen molar-refractivity contribution in [2.24, 2.45) is 0 Å². The van der Waals surface area contributed by atoms with Crippen LogP contribution in [0.2, 0.25) is 0 Å². The quantitative estimate of drug-likeness (QED) is 0.731. The van der Waals surface area contributed by atoms with Gasteiger partial charge in [-0.3, -0.25) is 4.79 Å². The fourth-order valence-electron chi connectivity index (χ4n) is 2.92. The van der Waals surface area contributed by atoms with Crippen LogP contribution in [0.1, 0.15) is 22.0 Å². The number of hydrogen-bond donors (Lipinski definition) is 0. The van der Waals surface area contributed by atoms with E-state index in [1.54, 1.807) is 16.8 Å². The maximum absolute atomic E-state index is 12.8. The van der Waals surface area contributed by atoms with E-state index in [1.807, 2.05) is 47.4 Å². The number of carbonyl (C=O) groups excluding carboxylic acids is 1. The summed E-state index contributed by atoms with van der Waals surface area (Å²) in [4.78, 5) is 14.6. The number of morpholine rings is 1. The van der Waals surface area contributed by atoms with Crippen LogP contribution >= 0.6 is 0 Å². The van der Waals surface area contributed by atoms with Gasteiger partial charge in [0.15, 0.2) is 0 Å². The molecule has 7 heteroatoms. The van der Waals surface area contributed by atoms with Crippen LogP contribution in [0.15, 0.2) is 60.9 Å². The van der Waals surface area contributed by atoms with Crippen molar-refractivity contribution in [3.05, 3.63) is 72.1 Å². The summed E-state index contributed by atoms with van der Waals surface area (Å²) in [7, 11) is 0. The van der Waals surface area contributed by atoms with Crippen molar-refractivity contribution in [3.8, 4) is 5.69 Å². The Morgan fingerprint density at radius 1 is 1.08 bits per heavy atom. The zero-order chi connectivity index (χ0) is 17.1. The lowest BCUT2D eigenvalue weighted by Crippen LogP contribution is -2.42. The molecule has 1 unspecified atom stereocenters. The topological polar surface area (TPSA) is 73.1 Å². The largest absolute Gasteiger partial charge is 0.370 e. The molecule has 3 aromatic rings. The van der Waals surface area contributed by atoms with E-state index < -0.39 is 0 Å². The van der Waals surface area contributed by atoms with Crippen LogP contribution in [-0.4, -0.2) is 50.7 Å². The molecule has 4 rings (SSSR count). The molecule has 126 valence electrons. The SMILES string of the molecule is O=C(c1ccc(-n2cnnn2)cc1)N1CCOC(c2ccccc2)C1. The van der Waals surface area contributed by atoms with Crippen molar-refractivity contribution in [2.75, 3.05) is 19.7 Å². The minimum atomic E-state index is -0.0839. The predicted molar refractivity (Wildman–Crippen MR) is 90.2 cm³/mol. The summed E-state index contributed by atoms with van der Waals surface area (Å²) in [5, 5.41) is 11.1. The Morgan fingerprint density at radius 2 is 1.88 bits per heavy atom. The lowest BCUT2D eigenvalue weighted by molar-refractivity contribution is -0.0228. The number of rotatable bonds is 3. The predicted octanol–water partition coefficient (Wildman–Crippen LogP) is 1.88. The highest BCUT2D eigenvalue weighted by atomic mass is 16.5. The molecular weight excluding hydrogens is 318 g/mol. The molecule has 0 saturated carbocycles. The fourth-order valence-corrected chi connectivity index (χ4v) is 2.92. The number of amides is 1. The van der Waals surface area contributed by atoms with Crippen molar-refractivity contribution in [2.45, 2.75) is 6.10 Å². The van der Waals surface area contributed by atoms with Crippen LogP contribution in [0.25, 0.3) is 5.69 Å². The second-order valence-electron chi connectivity index (χ2n) is 5.82. The van der Waals surface area contributed by atoms with E-state index in [9.17, 15) is 4.79 Å². The average Bonchev–Trinajstić information content (AvgIpc) is 3.23. The van der Waals surface area contributed by atoms with E-state index in [2.05, 4.69) is 15.5 Å². The summed E-state index contributed by atoms with van der Waals surface area (Å²) in [6, 6.07) is 17.3. The molecule has 2 aromatic carbocycles. The van der Waals surface area contributed by atoms with Crippen LogP contribution in [-0.2, 0) is 4.74 Å². The van der Waals surface area contributed by atoms with E-state index >= 15 is 0 Å². The standard InChI is InChI=1S/C18H17N5O2/c24-18(15-6-8-16(9-7-15)23-13-19-20-21-23)22-10-11-25-17(12-22)14-4-2-1-3-5-14/h1-9,13,17H,10-12H2.